The Morgan fingerprint density at radius 2 is 1.77 bits per heavy atom. The fourth-order valence-electron chi connectivity index (χ4n) is 2.53. The van der Waals surface area contributed by atoms with Crippen molar-refractivity contribution in [3.63, 3.8) is 0 Å². The predicted octanol–water partition coefficient (Wildman–Crippen LogP) is 3.19. The van der Waals surface area contributed by atoms with Gasteiger partial charge in [-0.2, -0.15) is 0 Å². The minimum atomic E-state index is 0.450. The maximum absolute atomic E-state index is 6.09. The van der Waals surface area contributed by atoms with Gasteiger partial charge in [0.25, 0.3) is 0 Å². The minimum absolute atomic E-state index is 0.450. The summed E-state index contributed by atoms with van der Waals surface area (Å²) in [6.07, 6.45) is 5.19. The molecule has 1 saturated carbocycles. The lowest BCUT2D eigenvalue weighted by molar-refractivity contribution is 0.126. The van der Waals surface area contributed by atoms with Crippen LogP contribution in [-0.2, 0) is 0 Å². The van der Waals surface area contributed by atoms with Crippen LogP contribution in [0.25, 0.3) is 0 Å². The van der Waals surface area contributed by atoms with Gasteiger partial charge in [0.05, 0.1) is 0 Å². The van der Waals surface area contributed by atoms with Crippen molar-refractivity contribution in [3.8, 4) is 0 Å². The summed E-state index contributed by atoms with van der Waals surface area (Å²) in [5, 5.41) is 0. The molecule has 1 nitrogen and oxygen atoms in total. The van der Waals surface area contributed by atoms with E-state index in [1.165, 1.54) is 25.7 Å². The van der Waals surface area contributed by atoms with Gasteiger partial charge in [0.2, 0.25) is 0 Å². The molecule has 3 unspecified atom stereocenters. The van der Waals surface area contributed by atoms with Gasteiger partial charge >= 0.3 is 0 Å². The van der Waals surface area contributed by atoms with Crippen molar-refractivity contribution in [1.29, 1.82) is 0 Å². The molecule has 1 aliphatic carbocycles. The van der Waals surface area contributed by atoms with Crippen LogP contribution in [0.2, 0.25) is 0 Å². The molecule has 1 fully saturated rings. The summed E-state index contributed by atoms with van der Waals surface area (Å²) in [6, 6.07) is 0.461. The molecule has 0 aliphatic heterocycles. The standard InChI is InChI=1S/C12H25N/c1-5-9-6-10(12(2,3)4)8-11(13)7-9/h9-11H,5-8,13H2,1-4H3. The molecule has 3 atom stereocenters. The molecule has 0 bridgehead atoms. The second-order valence-corrected chi connectivity index (χ2v) is 5.80. The monoisotopic (exact) mass is 183 g/mol. The highest BCUT2D eigenvalue weighted by Gasteiger charge is 2.32. The smallest absolute Gasteiger partial charge is 0.00443 e. The first kappa shape index (κ1) is 11.0. The number of nitrogens with two attached hydrogens (primary N) is 1. The van der Waals surface area contributed by atoms with Crippen LogP contribution in [0.1, 0.15) is 53.4 Å². The fraction of sp³-hybridized carbons (Fsp3) is 1.00. The van der Waals surface area contributed by atoms with Crippen LogP contribution in [0, 0.1) is 17.3 Å². The van der Waals surface area contributed by atoms with E-state index in [-0.39, 0.29) is 0 Å². The Balaban J connectivity index is 2.57. The molecule has 1 rings (SSSR count). The molecule has 0 aromatic rings. The average Bonchev–Trinajstić information content (AvgIpc) is 2.01. The molecule has 2 N–H and O–H groups in total. The lowest BCUT2D eigenvalue weighted by Crippen LogP contribution is -2.37. The first-order chi connectivity index (χ1) is 5.93. The zero-order chi connectivity index (χ0) is 10.1. The van der Waals surface area contributed by atoms with Gasteiger partial charge in [0, 0.05) is 6.04 Å². The third kappa shape index (κ3) is 2.98. The second kappa shape index (κ2) is 4.00. The van der Waals surface area contributed by atoms with E-state index in [4.69, 9.17) is 5.73 Å². The van der Waals surface area contributed by atoms with Crippen molar-refractivity contribution in [3.05, 3.63) is 0 Å². The first-order valence-corrected chi connectivity index (χ1v) is 5.69. The van der Waals surface area contributed by atoms with E-state index in [1.807, 2.05) is 0 Å². The second-order valence-electron chi connectivity index (χ2n) is 5.80. The summed E-state index contributed by atoms with van der Waals surface area (Å²) in [4.78, 5) is 0. The molecule has 0 aromatic heterocycles. The number of hydrogen-bond acceptors (Lipinski definition) is 1. The topological polar surface area (TPSA) is 26.0 Å². The Morgan fingerprint density at radius 1 is 1.15 bits per heavy atom. The van der Waals surface area contributed by atoms with E-state index < -0.39 is 0 Å². The van der Waals surface area contributed by atoms with Crippen LogP contribution >= 0.6 is 0 Å². The summed E-state index contributed by atoms with van der Waals surface area (Å²) >= 11 is 0. The minimum Gasteiger partial charge on any atom is -0.328 e. The molecule has 13 heavy (non-hydrogen) atoms. The molecular formula is C12H25N. The molecular weight excluding hydrogens is 158 g/mol. The average molecular weight is 183 g/mol. The third-order valence-corrected chi connectivity index (χ3v) is 3.64. The van der Waals surface area contributed by atoms with Gasteiger partial charge in [0.15, 0.2) is 0 Å². The maximum Gasteiger partial charge on any atom is 0.00443 e. The summed E-state index contributed by atoms with van der Waals surface area (Å²) in [5.74, 6) is 1.72. The van der Waals surface area contributed by atoms with Crippen LogP contribution in [0.15, 0.2) is 0 Å². The zero-order valence-electron chi connectivity index (χ0n) is 9.64. The maximum atomic E-state index is 6.09. The van der Waals surface area contributed by atoms with Gasteiger partial charge < -0.3 is 5.73 Å². The molecule has 1 heteroatoms. The summed E-state index contributed by atoms with van der Waals surface area (Å²) < 4.78 is 0. The molecule has 0 radical (unpaired) electrons. The Morgan fingerprint density at radius 3 is 2.23 bits per heavy atom. The van der Waals surface area contributed by atoms with Gasteiger partial charge in [-0.3, -0.25) is 0 Å². The highest BCUT2D eigenvalue weighted by atomic mass is 14.6. The SMILES string of the molecule is CCC1CC(N)CC(C(C)(C)C)C1. The lowest BCUT2D eigenvalue weighted by Gasteiger charge is -2.40. The van der Waals surface area contributed by atoms with Crippen molar-refractivity contribution in [2.24, 2.45) is 23.0 Å². The van der Waals surface area contributed by atoms with Crippen molar-refractivity contribution in [2.45, 2.75) is 59.4 Å². The first-order valence-electron chi connectivity index (χ1n) is 5.69. The number of hydrogen-bond donors (Lipinski definition) is 1. The summed E-state index contributed by atoms with van der Waals surface area (Å²) in [7, 11) is 0. The van der Waals surface area contributed by atoms with Crippen molar-refractivity contribution < 1.29 is 0 Å². The number of rotatable bonds is 1. The van der Waals surface area contributed by atoms with Crippen LogP contribution in [-0.4, -0.2) is 6.04 Å². The van der Waals surface area contributed by atoms with E-state index in [1.54, 1.807) is 0 Å². The molecule has 0 aromatic carbocycles. The Labute approximate surface area is 83.1 Å². The van der Waals surface area contributed by atoms with Crippen molar-refractivity contribution >= 4 is 0 Å². The Bertz CT molecular complexity index is 157. The van der Waals surface area contributed by atoms with Crippen LogP contribution < -0.4 is 5.73 Å². The van der Waals surface area contributed by atoms with Crippen LogP contribution in [0.5, 0.6) is 0 Å². The van der Waals surface area contributed by atoms with Gasteiger partial charge in [-0.25, -0.2) is 0 Å². The van der Waals surface area contributed by atoms with Crippen LogP contribution in [0.3, 0.4) is 0 Å². The van der Waals surface area contributed by atoms with Gasteiger partial charge in [-0.1, -0.05) is 34.1 Å². The van der Waals surface area contributed by atoms with Crippen molar-refractivity contribution in [2.75, 3.05) is 0 Å². The van der Waals surface area contributed by atoms with Gasteiger partial charge in [0.1, 0.15) is 0 Å². The largest absolute Gasteiger partial charge is 0.328 e. The van der Waals surface area contributed by atoms with E-state index in [0.717, 1.165) is 11.8 Å². The summed E-state index contributed by atoms with van der Waals surface area (Å²) in [5.41, 5.74) is 6.54. The van der Waals surface area contributed by atoms with Crippen molar-refractivity contribution in [1.82, 2.24) is 0 Å². The highest BCUT2D eigenvalue weighted by molar-refractivity contribution is 4.86. The Kier molecular flexibility index (Phi) is 3.39. The lowest BCUT2D eigenvalue weighted by atomic mass is 9.67. The zero-order valence-corrected chi connectivity index (χ0v) is 9.64. The Hall–Kier alpha value is -0.0400. The molecule has 0 saturated heterocycles. The van der Waals surface area contributed by atoms with E-state index in [9.17, 15) is 0 Å². The van der Waals surface area contributed by atoms with E-state index in [2.05, 4.69) is 27.7 Å². The van der Waals surface area contributed by atoms with E-state index in [0.29, 0.717) is 11.5 Å². The summed E-state index contributed by atoms with van der Waals surface area (Å²) in [6.45, 7) is 9.34. The van der Waals surface area contributed by atoms with E-state index >= 15 is 0 Å². The predicted molar refractivity (Wildman–Crippen MR) is 58.6 cm³/mol. The van der Waals surface area contributed by atoms with Crippen LogP contribution in [0.4, 0.5) is 0 Å². The third-order valence-electron chi connectivity index (χ3n) is 3.64. The quantitative estimate of drug-likeness (QED) is 0.664. The van der Waals surface area contributed by atoms with Gasteiger partial charge in [-0.05, 0) is 36.5 Å². The fourth-order valence-corrected chi connectivity index (χ4v) is 2.53. The molecule has 0 amide bonds. The van der Waals surface area contributed by atoms with Gasteiger partial charge in [-0.15, -0.1) is 0 Å². The molecule has 0 spiro atoms. The molecule has 1 aliphatic rings. The highest BCUT2D eigenvalue weighted by Crippen LogP contribution is 2.40. The molecule has 78 valence electrons. The normalized spacial score (nSPS) is 36.2. The molecule has 0 heterocycles.